The van der Waals surface area contributed by atoms with Gasteiger partial charge in [-0.1, -0.05) is 6.07 Å². The fraction of sp³-hybridized carbons (Fsp3) is 0.231. The Morgan fingerprint density at radius 2 is 2.00 bits per heavy atom. The minimum atomic E-state index is -4.49. The maximum atomic E-state index is 12.4. The first kappa shape index (κ1) is 14.1. The van der Waals surface area contributed by atoms with Crippen LogP contribution in [0.15, 0.2) is 30.3 Å². The number of ether oxygens (including phenoxy) is 1. The Morgan fingerprint density at radius 1 is 1.30 bits per heavy atom. The second-order valence-corrected chi connectivity index (χ2v) is 4.13. The summed E-state index contributed by atoms with van der Waals surface area (Å²) in [5, 5.41) is 9.34. The molecule has 0 aliphatic heterocycles. The van der Waals surface area contributed by atoms with Crippen LogP contribution in [0.3, 0.4) is 0 Å². The van der Waals surface area contributed by atoms with E-state index in [1.165, 1.54) is 30.3 Å². The van der Waals surface area contributed by atoms with Crippen LogP contribution in [-0.2, 0) is 0 Å². The number of aromatic nitrogens is 1. The molecular weight excluding hydrogens is 275 g/mol. The average Bonchev–Trinajstić information content (AvgIpc) is 2.36. The van der Waals surface area contributed by atoms with Crippen LogP contribution >= 0.6 is 0 Å². The van der Waals surface area contributed by atoms with E-state index in [0.717, 1.165) is 6.92 Å². The summed E-state index contributed by atoms with van der Waals surface area (Å²) in [6, 6.07) is 6.97. The molecule has 0 saturated heterocycles. The standard InChI is InChI=1S/C13H10F3NO3/c1-7(13(14,15)16)20-11-6-5-8-9(12(18)19)3-2-4-10(8)17-11/h2-7H,1H3,(H,18,19). The molecule has 106 valence electrons. The number of carbonyl (C=O) groups is 1. The summed E-state index contributed by atoms with van der Waals surface area (Å²) in [7, 11) is 0. The molecule has 0 spiro atoms. The van der Waals surface area contributed by atoms with Crippen molar-refractivity contribution in [3.8, 4) is 5.88 Å². The number of nitrogens with zero attached hydrogens (tertiary/aromatic N) is 1. The van der Waals surface area contributed by atoms with Crippen molar-refractivity contribution >= 4 is 16.9 Å². The van der Waals surface area contributed by atoms with Gasteiger partial charge in [0, 0.05) is 11.5 Å². The van der Waals surface area contributed by atoms with Gasteiger partial charge in [-0.05, 0) is 25.1 Å². The molecule has 0 fully saturated rings. The molecule has 0 radical (unpaired) electrons. The molecule has 1 atom stereocenters. The number of benzene rings is 1. The molecule has 0 saturated carbocycles. The van der Waals surface area contributed by atoms with Gasteiger partial charge in [0.15, 0.2) is 6.10 Å². The van der Waals surface area contributed by atoms with Gasteiger partial charge in [-0.3, -0.25) is 0 Å². The Kier molecular flexibility index (Phi) is 3.52. The lowest BCUT2D eigenvalue weighted by molar-refractivity contribution is -0.189. The molecular formula is C13H10F3NO3. The van der Waals surface area contributed by atoms with Crippen LogP contribution in [-0.4, -0.2) is 28.3 Å². The molecule has 1 unspecified atom stereocenters. The van der Waals surface area contributed by atoms with Crippen molar-refractivity contribution in [2.24, 2.45) is 0 Å². The number of carboxylic acid groups (broad SMARTS) is 1. The molecule has 1 aromatic heterocycles. The zero-order chi connectivity index (χ0) is 14.9. The van der Waals surface area contributed by atoms with E-state index in [2.05, 4.69) is 4.98 Å². The SMILES string of the molecule is CC(Oc1ccc2c(C(=O)O)cccc2n1)C(F)(F)F. The van der Waals surface area contributed by atoms with Gasteiger partial charge in [-0.2, -0.15) is 13.2 Å². The molecule has 0 bridgehead atoms. The number of alkyl halides is 3. The highest BCUT2D eigenvalue weighted by Crippen LogP contribution is 2.26. The van der Waals surface area contributed by atoms with Gasteiger partial charge in [-0.15, -0.1) is 0 Å². The monoisotopic (exact) mass is 285 g/mol. The minimum Gasteiger partial charge on any atom is -0.478 e. The molecule has 7 heteroatoms. The largest absolute Gasteiger partial charge is 0.478 e. The van der Waals surface area contributed by atoms with Gasteiger partial charge < -0.3 is 9.84 Å². The van der Waals surface area contributed by atoms with E-state index in [-0.39, 0.29) is 17.0 Å². The summed E-state index contributed by atoms with van der Waals surface area (Å²) in [6.45, 7) is 0.875. The molecule has 2 rings (SSSR count). The third-order valence-electron chi connectivity index (χ3n) is 2.70. The summed E-state index contributed by atoms with van der Waals surface area (Å²) >= 11 is 0. The Hall–Kier alpha value is -2.31. The van der Waals surface area contributed by atoms with Gasteiger partial charge in [0.05, 0.1) is 11.1 Å². The van der Waals surface area contributed by atoms with Crippen molar-refractivity contribution < 1.29 is 27.8 Å². The second-order valence-electron chi connectivity index (χ2n) is 4.13. The zero-order valence-electron chi connectivity index (χ0n) is 10.3. The van der Waals surface area contributed by atoms with Crippen LogP contribution in [0, 0.1) is 0 Å². The Labute approximate surface area is 111 Å². The first-order valence-corrected chi connectivity index (χ1v) is 5.65. The first-order valence-electron chi connectivity index (χ1n) is 5.65. The Bertz CT molecular complexity index is 655. The second kappa shape index (κ2) is 4.99. The van der Waals surface area contributed by atoms with Gasteiger partial charge >= 0.3 is 12.1 Å². The average molecular weight is 285 g/mol. The topological polar surface area (TPSA) is 59.4 Å². The molecule has 1 aromatic carbocycles. The highest BCUT2D eigenvalue weighted by Gasteiger charge is 2.38. The number of hydrogen-bond donors (Lipinski definition) is 1. The number of carboxylic acids is 1. The fourth-order valence-corrected chi connectivity index (χ4v) is 1.64. The van der Waals surface area contributed by atoms with Crippen molar-refractivity contribution in [3.63, 3.8) is 0 Å². The smallest absolute Gasteiger partial charge is 0.425 e. The van der Waals surface area contributed by atoms with Gasteiger partial charge in [0.25, 0.3) is 0 Å². The van der Waals surface area contributed by atoms with E-state index in [1.807, 2.05) is 0 Å². The minimum absolute atomic E-state index is 0.0328. The normalized spacial score (nSPS) is 13.2. The van der Waals surface area contributed by atoms with Crippen molar-refractivity contribution in [2.75, 3.05) is 0 Å². The van der Waals surface area contributed by atoms with E-state index in [4.69, 9.17) is 9.84 Å². The molecule has 1 heterocycles. The van der Waals surface area contributed by atoms with Crippen molar-refractivity contribution in [2.45, 2.75) is 19.2 Å². The van der Waals surface area contributed by atoms with Crippen LogP contribution in [0.5, 0.6) is 5.88 Å². The van der Waals surface area contributed by atoms with Gasteiger partial charge in [0.1, 0.15) is 0 Å². The summed E-state index contributed by atoms with van der Waals surface area (Å²) in [5.74, 6) is -1.33. The number of pyridine rings is 1. The summed E-state index contributed by atoms with van der Waals surface area (Å²) in [5.41, 5.74) is 0.294. The maximum Gasteiger partial charge on any atom is 0.425 e. The highest BCUT2D eigenvalue weighted by molar-refractivity contribution is 6.02. The van der Waals surface area contributed by atoms with Crippen LogP contribution in [0.1, 0.15) is 17.3 Å². The van der Waals surface area contributed by atoms with Gasteiger partial charge in [0.2, 0.25) is 5.88 Å². The predicted molar refractivity (Wildman–Crippen MR) is 64.8 cm³/mol. The summed E-state index contributed by atoms with van der Waals surface area (Å²) < 4.78 is 41.9. The molecule has 4 nitrogen and oxygen atoms in total. The van der Waals surface area contributed by atoms with Crippen molar-refractivity contribution in [1.82, 2.24) is 4.98 Å². The first-order chi connectivity index (χ1) is 9.29. The number of rotatable bonds is 3. The van der Waals surface area contributed by atoms with E-state index in [1.54, 1.807) is 0 Å². The van der Waals surface area contributed by atoms with Crippen LogP contribution in [0.25, 0.3) is 10.9 Å². The number of fused-ring (bicyclic) bond motifs is 1. The van der Waals surface area contributed by atoms with Crippen molar-refractivity contribution in [1.29, 1.82) is 0 Å². The highest BCUT2D eigenvalue weighted by atomic mass is 19.4. The van der Waals surface area contributed by atoms with Crippen LogP contribution < -0.4 is 4.74 Å². The van der Waals surface area contributed by atoms with Crippen LogP contribution in [0.2, 0.25) is 0 Å². The molecule has 0 amide bonds. The molecule has 0 aliphatic rings. The molecule has 0 aliphatic carbocycles. The summed E-state index contributed by atoms with van der Waals surface area (Å²) in [6.07, 6.45) is -6.48. The Morgan fingerprint density at radius 3 is 2.60 bits per heavy atom. The lowest BCUT2D eigenvalue weighted by Gasteiger charge is -2.17. The molecule has 2 aromatic rings. The van der Waals surface area contributed by atoms with Crippen molar-refractivity contribution in [3.05, 3.63) is 35.9 Å². The predicted octanol–water partition coefficient (Wildman–Crippen LogP) is 3.26. The van der Waals surface area contributed by atoms with E-state index < -0.39 is 18.2 Å². The van der Waals surface area contributed by atoms with E-state index in [0.29, 0.717) is 5.39 Å². The molecule has 1 N–H and O–H groups in total. The summed E-state index contributed by atoms with van der Waals surface area (Å²) in [4.78, 5) is 14.9. The van der Waals surface area contributed by atoms with E-state index in [9.17, 15) is 18.0 Å². The maximum absolute atomic E-state index is 12.4. The van der Waals surface area contributed by atoms with E-state index >= 15 is 0 Å². The van der Waals surface area contributed by atoms with Gasteiger partial charge in [-0.25, -0.2) is 9.78 Å². The lowest BCUT2D eigenvalue weighted by Crippen LogP contribution is -2.31. The fourth-order valence-electron chi connectivity index (χ4n) is 1.64. The number of halogens is 3. The third-order valence-corrected chi connectivity index (χ3v) is 2.70. The lowest BCUT2D eigenvalue weighted by atomic mass is 10.1. The zero-order valence-corrected chi connectivity index (χ0v) is 10.3. The Balaban J connectivity index is 2.38. The molecule has 20 heavy (non-hydrogen) atoms. The number of aromatic carboxylic acids is 1. The number of hydrogen-bond acceptors (Lipinski definition) is 3. The third kappa shape index (κ3) is 2.81. The van der Waals surface area contributed by atoms with Crippen LogP contribution in [0.4, 0.5) is 13.2 Å². The quantitative estimate of drug-likeness (QED) is 0.940.